The lowest BCUT2D eigenvalue weighted by atomic mass is 10.2. The molecule has 25 heavy (non-hydrogen) atoms. The van der Waals surface area contributed by atoms with Gasteiger partial charge in [-0.25, -0.2) is 4.98 Å². The summed E-state index contributed by atoms with van der Waals surface area (Å²) in [6, 6.07) is 7.14. The first-order chi connectivity index (χ1) is 12.1. The highest BCUT2D eigenvalue weighted by Crippen LogP contribution is 2.29. The molecule has 0 unspecified atom stereocenters. The third kappa shape index (κ3) is 2.96. The van der Waals surface area contributed by atoms with E-state index in [4.69, 9.17) is 9.26 Å². The Kier molecular flexibility index (Phi) is 3.69. The molecule has 1 aromatic carbocycles. The number of carbonyl (C=O) groups is 1. The van der Waals surface area contributed by atoms with Crippen LogP contribution in [-0.4, -0.2) is 32.9 Å². The van der Waals surface area contributed by atoms with Crippen molar-refractivity contribution in [2.45, 2.75) is 0 Å². The molecule has 1 N–H and O–H groups in total. The summed E-state index contributed by atoms with van der Waals surface area (Å²) in [6.45, 7) is 0. The summed E-state index contributed by atoms with van der Waals surface area (Å²) in [5.41, 5.74) is 1.69. The number of carbonyl (C=O) groups excluding carboxylic acids is 1. The molecule has 9 heteroatoms. The number of rotatable bonds is 4. The van der Waals surface area contributed by atoms with Crippen LogP contribution in [0.1, 0.15) is 10.5 Å². The smallest absolute Gasteiger partial charge is 0.279 e. The normalized spacial score (nSPS) is 11.0. The number of benzene rings is 1. The number of aryl methyl sites for hydroxylation is 1. The number of fused-ring (bicyclic) bond motifs is 1. The van der Waals surface area contributed by atoms with E-state index in [0.717, 1.165) is 15.8 Å². The third-order valence-corrected chi connectivity index (χ3v) is 4.50. The lowest BCUT2D eigenvalue weighted by Crippen LogP contribution is -2.11. The van der Waals surface area contributed by atoms with Crippen molar-refractivity contribution in [1.29, 1.82) is 0 Å². The predicted octanol–water partition coefficient (Wildman–Crippen LogP) is 2.95. The largest absolute Gasteiger partial charge is 0.497 e. The Morgan fingerprint density at radius 1 is 1.36 bits per heavy atom. The second-order valence-electron chi connectivity index (χ2n) is 5.29. The fourth-order valence-electron chi connectivity index (χ4n) is 2.32. The summed E-state index contributed by atoms with van der Waals surface area (Å²) in [6.07, 6.45) is 3.42. The van der Waals surface area contributed by atoms with Gasteiger partial charge in [0.2, 0.25) is 0 Å². The van der Waals surface area contributed by atoms with Crippen molar-refractivity contribution in [3.05, 3.63) is 42.4 Å². The second-order valence-corrected chi connectivity index (χ2v) is 6.32. The molecule has 0 aliphatic rings. The van der Waals surface area contributed by atoms with Gasteiger partial charge in [-0.15, -0.1) is 0 Å². The van der Waals surface area contributed by atoms with Crippen LogP contribution < -0.4 is 10.1 Å². The molecule has 0 radical (unpaired) electrons. The Bertz CT molecular complexity index is 1060. The summed E-state index contributed by atoms with van der Waals surface area (Å²) in [5.74, 6) is 0.811. The van der Waals surface area contributed by atoms with Gasteiger partial charge in [0.1, 0.15) is 5.75 Å². The van der Waals surface area contributed by atoms with E-state index in [1.807, 2.05) is 18.2 Å². The van der Waals surface area contributed by atoms with E-state index in [1.54, 1.807) is 37.3 Å². The number of ether oxygens (including phenoxy) is 1. The fraction of sp³-hybridized carbons (Fsp3) is 0.125. The highest BCUT2D eigenvalue weighted by atomic mass is 32.1. The van der Waals surface area contributed by atoms with Gasteiger partial charge in [0, 0.05) is 25.4 Å². The van der Waals surface area contributed by atoms with Crippen LogP contribution in [0, 0.1) is 0 Å². The van der Waals surface area contributed by atoms with E-state index >= 15 is 0 Å². The van der Waals surface area contributed by atoms with Gasteiger partial charge in [0.25, 0.3) is 5.91 Å². The number of nitrogens with zero attached hydrogens (tertiary/aromatic N) is 4. The molecule has 1 amide bonds. The van der Waals surface area contributed by atoms with Crippen molar-refractivity contribution in [2.75, 3.05) is 12.4 Å². The Morgan fingerprint density at radius 2 is 2.24 bits per heavy atom. The number of methoxy groups -OCH3 is 1. The summed E-state index contributed by atoms with van der Waals surface area (Å²) < 4.78 is 13.0. The Morgan fingerprint density at radius 3 is 3.00 bits per heavy atom. The topological polar surface area (TPSA) is 95.1 Å². The summed E-state index contributed by atoms with van der Waals surface area (Å²) in [4.78, 5) is 16.7. The van der Waals surface area contributed by atoms with Crippen molar-refractivity contribution in [3.8, 4) is 17.1 Å². The zero-order valence-corrected chi connectivity index (χ0v) is 14.2. The van der Waals surface area contributed by atoms with Crippen LogP contribution >= 0.6 is 11.3 Å². The first kappa shape index (κ1) is 15.3. The SMILES string of the molecule is COc1ccc2sc(NC(=O)c3cc(-c4cnn(C)c4)on3)nc2c1. The van der Waals surface area contributed by atoms with Gasteiger partial charge in [-0.2, -0.15) is 5.10 Å². The van der Waals surface area contributed by atoms with Crippen molar-refractivity contribution in [2.24, 2.45) is 7.05 Å². The van der Waals surface area contributed by atoms with Gasteiger partial charge in [-0.3, -0.25) is 14.8 Å². The zero-order valence-electron chi connectivity index (χ0n) is 13.4. The third-order valence-electron chi connectivity index (χ3n) is 3.55. The molecule has 0 spiro atoms. The minimum absolute atomic E-state index is 0.177. The molecule has 0 fully saturated rings. The highest BCUT2D eigenvalue weighted by Gasteiger charge is 2.16. The van der Waals surface area contributed by atoms with Crippen LogP contribution in [0.3, 0.4) is 0 Å². The molecule has 0 atom stereocenters. The first-order valence-electron chi connectivity index (χ1n) is 7.34. The summed E-state index contributed by atoms with van der Waals surface area (Å²) >= 11 is 1.38. The number of nitrogens with one attached hydrogen (secondary N) is 1. The van der Waals surface area contributed by atoms with Gasteiger partial charge >= 0.3 is 0 Å². The molecule has 4 rings (SSSR count). The molecule has 0 bridgehead atoms. The molecule has 126 valence electrons. The molecule has 3 heterocycles. The Labute approximate surface area is 146 Å². The van der Waals surface area contributed by atoms with E-state index < -0.39 is 0 Å². The minimum atomic E-state index is -0.384. The Hall–Kier alpha value is -3.20. The van der Waals surface area contributed by atoms with Gasteiger partial charge in [-0.05, 0) is 12.1 Å². The lowest BCUT2D eigenvalue weighted by Gasteiger charge is -1.96. The number of anilines is 1. The number of amides is 1. The molecule has 0 aliphatic heterocycles. The van der Waals surface area contributed by atoms with Crippen molar-refractivity contribution < 1.29 is 14.1 Å². The fourth-order valence-corrected chi connectivity index (χ4v) is 3.16. The van der Waals surface area contributed by atoms with Crippen molar-refractivity contribution >= 4 is 32.6 Å². The van der Waals surface area contributed by atoms with E-state index in [-0.39, 0.29) is 11.6 Å². The van der Waals surface area contributed by atoms with Gasteiger partial charge in [-0.1, -0.05) is 16.5 Å². The molecule has 0 aliphatic carbocycles. The number of thiazole rings is 1. The van der Waals surface area contributed by atoms with E-state index in [9.17, 15) is 4.79 Å². The van der Waals surface area contributed by atoms with Crippen molar-refractivity contribution in [1.82, 2.24) is 19.9 Å². The molecule has 3 aromatic heterocycles. The summed E-state index contributed by atoms with van der Waals surface area (Å²) in [5, 5.41) is 11.1. The van der Waals surface area contributed by atoms with Gasteiger partial charge in [0.15, 0.2) is 16.6 Å². The van der Waals surface area contributed by atoms with Gasteiger partial charge in [0.05, 0.1) is 29.1 Å². The quantitative estimate of drug-likeness (QED) is 0.605. The monoisotopic (exact) mass is 355 g/mol. The maximum absolute atomic E-state index is 12.4. The summed E-state index contributed by atoms with van der Waals surface area (Å²) in [7, 11) is 3.40. The van der Waals surface area contributed by atoms with Crippen LogP contribution in [0.15, 0.2) is 41.2 Å². The molecular weight excluding hydrogens is 342 g/mol. The number of hydrogen-bond acceptors (Lipinski definition) is 7. The van der Waals surface area contributed by atoms with Crippen LogP contribution in [0.25, 0.3) is 21.5 Å². The lowest BCUT2D eigenvalue weighted by molar-refractivity contribution is 0.101. The zero-order chi connectivity index (χ0) is 17.4. The Balaban J connectivity index is 1.55. The maximum Gasteiger partial charge on any atom is 0.279 e. The van der Waals surface area contributed by atoms with E-state index in [1.165, 1.54) is 11.3 Å². The van der Waals surface area contributed by atoms with Crippen LogP contribution in [0.5, 0.6) is 5.75 Å². The molecule has 0 saturated heterocycles. The molecule has 8 nitrogen and oxygen atoms in total. The minimum Gasteiger partial charge on any atom is -0.497 e. The van der Waals surface area contributed by atoms with Crippen LogP contribution in [0.2, 0.25) is 0 Å². The van der Waals surface area contributed by atoms with Crippen molar-refractivity contribution in [3.63, 3.8) is 0 Å². The van der Waals surface area contributed by atoms with E-state index in [0.29, 0.717) is 16.6 Å². The number of aromatic nitrogens is 4. The second kappa shape index (κ2) is 6.02. The standard InChI is InChI=1S/C16H13N5O3S/c1-21-8-9(7-17-21)13-6-12(20-24-13)15(22)19-16-18-11-5-10(23-2)3-4-14(11)25-16/h3-8H,1-2H3,(H,18,19,22). The highest BCUT2D eigenvalue weighted by molar-refractivity contribution is 7.22. The van der Waals surface area contributed by atoms with Gasteiger partial charge < -0.3 is 9.26 Å². The predicted molar refractivity (Wildman–Crippen MR) is 92.8 cm³/mol. The molecule has 4 aromatic rings. The first-order valence-corrected chi connectivity index (χ1v) is 8.16. The van der Waals surface area contributed by atoms with Crippen LogP contribution in [0.4, 0.5) is 5.13 Å². The van der Waals surface area contributed by atoms with E-state index in [2.05, 4.69) is 20.6 Å². The molecule has 0 saturated carbocycles. The number of hydrogen-bond donors (Lipinski definition) is 1. The average molecular weight is 355 g/mol. The average Bonchev–Trinajstić information content (AvgIpc) is 3.32. The van der Waals surface area contributed by atoms with Crippen LogP contribution in [-0.2, 0) is 7.05 Å². The molecular formula is C16H13N5O3S. The maximum atomic E-state index is 12.4.